The highest BCUT2D eigenvalue weighted by Crippen LogP contribution is 2.30. The molecule has 28 heavy (non-hydrogen) atoms. The average Bonchev–Trinajstić information content (AvgIpc) is 2.70. The zero-order valence-electron chi connectivity index (χ0n) is 16.2. The van der Waals surface area contributed by atoms with Crippen LogP contribution in [0.5, 0.6) is 11.5 Å². The van der Waals surface area contributed by atoms with Crippen LogP contribution in [0.15, 0.2) is 36.4 Å². The molecule has 2 aliphatic rings. The first-order chi connectivity index (χ1) is 13.5. The van der Waals surface area contributed by atoms with Crippen LogP contribution in [-0.4, -0.2) is 42.5 Å². The maximum atomic E-state index is 12.9. The molecule has 0 atom stereocenters. The molecule has 4 rings (SSSR count). The van der Waals surface area contributed by atoms with Gasteiger partial charge in [-0.3, -0.25) is 9.59 Å². The summed E-state index contributed by atoms with van der Waals surface area (Å²) in [6, 6.07) is 11.4. The standard InChI is InChI=1S/C22H24N2O4/c1-14-3-4-15(2)20(11-14)28-17-7-9-24(10-8-17)22(26)16-5-6-19-18(12-16)23-21(25)13-27-19/h3-6,11-12,17H,7-10,13H2,1-2H3,(H,23,25). The van der Waals surface area contributed by atoms with E-state index in [2.05, 4.69) is 30.4 Å². The molecular formula is C22H24N2O4. The number of anilines is 1. The molecule has 0 spiro atoms. The third kappa shape index (κ3) is 3.81. The number of piperidine rings is 1. The van der Waals surface area contributed by atoms with E-state index in [9.17, 15) is 9.59 Å². The molecule has 0 radical (unpaired) electrons. The Balaban J connectivity index is 1.38. The Hall–Kier alpha value is -3.02. The molecule has 2 aromatic carbocycles. The van der Waals surface area contributed by atoms with Crippen molar-refractivity contribution in [3.63, 3.8) is 0 Å². The molecule has 2 aliphatic heterocycles. The van der Waals surface area contributed by atoms with E-state index in [0.717, 1.165) is 24.2 Å². The number of amides is 2. The molecule has 2 aromatic rings. The predicted octanol–water partition coefficient (Wildman–Crippen LogP) is 3.32. The van der Waals surface area contributed by atoms with Gasteiger partial charge >= 0.3 is 0 Å². The summed E-state index contributed by atoms with van der Waals surface area (Å²) < 4.78 is 11.5. The highest BCUT2D eigenvalue weighted by atomic mass is 16.5. The molecule has 6 heteroatoms. The Morgan fingerprint density at radius 3 is 2.71 bits per heavy atom. The molecule has 1 saturated heterocycles. The van der Waals surface area contributed by atoms with Gasteiger partial charge in [0.05, 0.1) is 5.69 Å². The molecule has 6 nitrogen and oxygen atoms in total. The maximum absolute atomic E-state index is 12.9. The molecule has 0 aromatic heterocycles. The summed E-state index contributed by atoms with van der Waals surface area (Å²) in [6.45, 7) is 5.41. The molecule has 1 fully saturated rings. The monoisotopic (exact) mass is 380 g/mol. The normalized spacial score (nSPS) is 16.8. The van der Waals surface area contributed by atoms with Crippen molar-refractivity contribution >= 4 is 17.5 Å². The van der Waals surface area contributed by atoms with Crippen LogP contribution in [-0.2, 0) is 4.79 Å². The van der Waals surface area contributed by atoms with E-state index in [1.165, 1.54) is 5.56 Å². The van der Waals surface area contributed by atoms with Crippen LogP contribution in [0.3, 0.4) is 0 Å². The third-order valence-corrected chi connectivity index (χ3v) is 5.23. The van der Waals surface area contributed by atoms with Crippen molar-refractivity contribution in [1.82, 2.24) is 4.90 Å². The Morgan fingerprint density at radius 1 is 1.14 bits per heavy atom. The number of aryl methyl sites for hydroxylation is 2. The van der Waals surface area contributed by atoms with Gasteiger partial charge in [0.15, 0.2) is 6.61 Å². The Morgan fingerprint density at radius 2 is 1.93 bits per heavy atom. The summed E-state index contributed by atoms with van der Waals surface area (Å²) in [7, 11) is 0. The molecule has 1 N–H and O–H groups in total. The van der Waals surface area contributed by atoms with Crippen molar-refractivity contribution in [3.05, 3.63) is 53.1 Å². The van der Waals surface area contributed by atoms with E-state index < -0.39 is 0 Å². The molecule has 0 bridgehead atoms. The quantitative estimate of drug-likeness (QED) is 0.887. The van der Waals surface area contributed by atoms with E-state index in [4.69, 9.17) is 9.47 Å². The van der Waals surface area contributed by atoms with Crippen LogP contribution >= 0.6 is 0 Å². The van der Waals surface area contributed by atoms with Gasteiger partial charge in [-0.25, -0.2) is 0 Å². The number of rotatable bonds is 3. The lowest BCUT2D eigenvalue weighted by Crippen LogP contribution is -2.41. The van der Waals surface area contributed by atoms with Gasteiger partial charge in [0.1, 0.15) is 17.6 Å². The van der Waals surface area contributed by atoms with Gasteiger partial charge in [0, 0.05) is 31.5 Å². The maximum Gasteiger partial charge on any atom is 0.262 e. The zero-order valence-corrected chi connectivity index (χ0v) is 16.2. The molecule has 146 valence electrons. The number of hydrogen-bond acceptors (Lipinski definition) is 4. The first-order valence-electron chi connectivity index (χ1n) is 9.59. The number of ether oxygens (including phenoxy) is 2. The highest BCUT2D eigenvalue weighted by Gasteiger charge is 2.26. The molecule has 2 amide bonds. The van der Waals surface area contributed by atoms with Gasteiger partial charge in [-0.1, -0.05) is 12.1 Å². The third-order valence-electron chi connectivity index (χ3n) is 5.23. The minimum atomic E-state index is -0.207. The van der Waals surface area contributed by atoms with Crippen molar-refractivity contribution in [2.75, 3.05) is 25.0 Å². The summed E-state index contributed by atoms with van der Waals surface area (Å²) in [5, 5.41) is 2.75. The van der Waals surface area contributed by atoms with Gasteiger partial charge in [-0.05, 0) is 49.2 Å². The van der Waals surface area contributed by atoms with Crippen LogP contribution in [0.25, 0.3) is 0 Å². The number of benzene rings is 2. The summed E-state index contributed by atoms with van der Waals surface area (Å²) >= 11 is 0. The van der Waals surface area contributed by atoms with E-state index in [0.29, 0.717) is 30.1 Å². The van der Waals surface area contributed by atoms with Crippen molar-refractivity contribution in [3.8, 4) is 11.5 Å². The average molecular weight is 380 g/mol. The van der Waals surface area contributed by atoms with Crippen LogP contribution in [0, 0.1) is 13.8 Å². The fraction of sp³-hybridized carbons (Fsp3) is 0.364. The predicted molar refractivity (Wildman–Crippen MR) is 106 cm³/mol. The van der Waals surface area contributed by atoms with Crippen molar-refractivity contribution in [2.24, 2.45) is 0 Å². The molecule has 2 heterocycles. The topological polar surface area (TPSA) is 67.9 Å². The SMILES string of the molecule is Cc1ccc(C)c(OC2CCN(C(=O)c3ccc4c(c3)NC(=O)CO4)CC2)c1. The fourth-order valence-corrected chi connectivity index (χ4v) is 3.59. The lowest BCUT2D eigenvalue weighted by atomic mass is 10.0. The first-order valence-corrected chi connectivity index (χ1v) is 9.59. The summed E-state index contributed by atoms with van der Waals surface area (Å²) in [5.74, 6) is 1.28. The van der Waals surface area contributed by atoms with Crippen LogP contribution in [0.1, 0.15) is 34.3 Å². The van der Waals surface area contributed by atoms with Crippen molar-refractivity contribution in [2.45, 2.75) is 32.8 Å². The van der Waals surface area contributed by atoms with Gasteiger partial charge in [-0.15, -0.1) is 0 Å². The highest BCUT2D eigenvalue weighted by molar-refractivity contribution is 5.99. The summed E-state index contributed by atoms with van der Waals surface area (Å²) in [6.07, 6.45) is 1.70. The number of nitrogens with zero attached hydrogens (tertiary/aromatic N) is 1. The summed E-state index contributed by atoms with van der Waals surface area (Å²) in [5.41, 5.74) is 3.41. The lowest BCUT2D eigenvalue weighted by molar-refractivity contribution is -0.118. The van der Waals surface area contributed by atoms with Crippen LogP contribution in [0.2, 0.25) is 0 Å². The Bertz CT molecular complexity index is 917. The van der Waals surface area contributed by atoms with E-state index in [1.807, 2.05) is 11.8 Å². The van der Waals surface area contributed by atoms with E-state index in [1.54, 1.807) is 18.2 Å². The summed E-state index contributed by atoms with van der Waals surface area (Å²) in [4.78, 5) is 26.2. The first kappa shape index (κ1) is 18.3. The number of likely N-dealkylation sites (tertiary alicyclic amines) is 1. The molecular weight excluding hydrogens is 356 g/mol. The molecule has 0 saturated carbocycles. The number of fused-ring (bicyclic) bond motifs is 1. The number of carbonyl (C=O) groups excluding carboxylic acids is 2. The van der Waals surface area contributed by atoms with Gasteiger partial charge in [0.2, 0.25) is 0 Å². The van der Waals surface area contributed by atoms with Crippen LogP contribution in [0.4, 0.5) is 5.69 Å². The van der Waals surface area contributed by atoms with Gasteiger partial charge in [-0.2, -0.15) is 0 Å². The largest absolute Gasteiger partial charge is 0.490 e. The smallest absolute Gasteiger partial charge is 0.262 e. The van der Waals surface area contributed by atoms with Crippen molar-refractivity contribution in [1.29, 1.82) is 0 Å². The van der Waals surface area contributed by atoms with Crippen LogP contribution < -0.4 is 14.8 Å². The number of carbonyl (C=O) groups is 2. The van der Waals surface area contributed by atoms with Gasteiger partial charge in [0.25, 0.3) is 11.8 Å². The second kappa shape index (κ2) is 7.54. The van der Waals surface area contributed by atoms with E-state index in [-0.39, 0.29) is 24.5 Å². The minimum absolute atomic E-state index is 0.00815. The molecule has 0 aliphatic carbocycles. The minimum Gasteiger partial charge on any atom is -0.490 e. The fourth-order valence-electron chi connectivity index (χ4n) is 3.59. The number of hydrogen-bond donors (Lipinski definition) is 1. The lowest BCUT2D eigenvalue weighted by Gasteiger charge is -2.32. The second-order valence-corrected chi connectivity index (χ2v) is 7.43. The molecule has 0 unspecified atom stereocenters. The zero-order chi connectivity index (χ0) is 19.7. The second-order valence-electron chi connectivity index (χ2n) is 7.43. The Kier molecular flexibility index (Phi) is 4.94. The van der Waals surface area contributed by atoms with Gasteiger partial charge < -0.3 is 19.7 Å². The van der Waals surface area contributed by atoms with E-state index >= 15 is 0 Å². The Labute approximate surface area is 164 Å². The number of nitrogens with one attached hydrogen (secondary N) is 1. The van der Waals surface area contributed by atoms with Crippen molar-refractivity contribution < 1.29 is 19.1 Å².